The van der Waals surface area contributed by atoms with E-state index in [1.807, 2.05) is 0 Å². The topological polar surface area (TPSA) is 66.5 Å². The first-order valence-corrected chi connectivity index (χ1v) is 8.32. The molecule has 3 amide bonds. The summed E-state index contributed by atoms with van der Waals surface area (Å²) in [7, 11) is 0. The van der Waals surface area contributed by atoms with E-state index in [1.165, 1.54) is 11.3 Å². The van der Waals surface area contributed by atoms with Gasteiger partial charge in [0.05, 0.1) is 11.1 Å². The summed E-state index contributed by atoms with van der Waals surface area (Å²) in [5, 5.41) is 3.06. The summed E-state index contributed by atoms with van der Waals surface area (Å²) in [4.78, 5) is 37.8. The minimum Gasteiger partial charge on any atom is -0.353 e. The standard InChI is InChI=1S/C18H22N2O3/c1-12-6-2-5-9-15(12)19-16(21)10-11-20-17(22)13-7-3-4-8-14(13)18(20)23/h3-4,7-8,12,15H,2,5-6,9-11H2,1H3,(H,19,21). The number of imide groups is 1. The maximum Gasteiger partial charge on any atom is 0.261 e. The molecule has 23 heavy (non-hydrogen) atoms. The largest absolute Gasteiger partial charge is 0.353 e. The summed E-state index contributed by atoms with van der Waals surface area (Å²) >= 11 is 0. The maximum absolute atomic E-state index is 12.2. The number of carbonyl (C=O) groups excluding carboxylic acids is 3. The molecule has 0 spiro atoms. The Bertz CT molecular complexity index is 606. The minimum atomic E-state index is -0.301. The lowest BCUT2D eigenvalue weighted by Crippen LogP contribution is -2.42. The molecule has 1 aliphatic heterocycles. The summed E-state index contributed by atoms with van der Waals surface area (Å²) in [6.07, 6.45) is 4.69. The normalized spacial score (nSPS) is 23.8. The van der Waals surface area contributed by atoms with Gasteiger partial charge in [0, 0.05) is 19.0 Å². The molecule has 1 aliphatic carbocycles. The smallest absolute Gasteiger partial charge is 0.261 e. The van der Waals surface area contributed by atoms with Crippen LogP contribution in [0.2, 0.25) is 0 Å². The molecule has 5 heteroatoms. The monoisotopic (exact) mass is 314 g/mol. The fourth-order valence-electron chi connectivity index (χ4n) is 3.47. The van der Waals surface area contributed by atoms with E-state index in [0.29, 0.717) is 17.0 Å². The van der Waals surface area contributed by atoms with Crippen molar-refractivity contribution in [1.82, 2.24) is 10.2 Å². The van der Waals surface area contributed by atoms with Crippen molar-refractivity contribution in [1.29, 1.82) is 0 Å². The first-order valence-electron chi connectivity index (χ1n) is 8.32. The van der Waals surface area contributed by atoms with Crippen molar-refractivity contribution in [3.8, 4) is 0 Å². The third-order valence-corrected chi connectivity index (χ3v) is 4.90. The van der Waals surface area contributed by atoms with Crippen LogP contribution >= 0.6 is 0 Å². The third kappa shape index (κ3) is 3.14. The molecule has 0 saturated heterocycles. The molecule has 0 radical (unpaired) electrons. The second-order valence-corrected chi connectivity index (χ2v) is 6.49. The fraction of sp³-hybridized carbons (Fsp3) is 0.500. The van der Waals surface area contributed by atoms with E-state index in [2.05, 4.69) is 12.2 Å². The Labute approximate surface area is 136 Å². The van der Waals surface area contributed by atoms with Crippen molar-refractivity contribution < 1.29 is 14.4 Å². The predicted octanol–water partition coefficient (Wildman–Crippen LogP) is 2.37. The summed E-state index contributed by atoms with van der Waals surface area (Å²) in [6, 6.07) is 7.01. The number of hydrogen-bond donors (Lipinski definition) is 1. The second-order valence-electron chi connectivity index (χ2n) is 6.49. The Morgan fingerprint density at radius 3 is 2.35 bits per heavy atom. The molecule has 1 fully saturated rings. The van der Waals surface area contributed by atoms with E-state index in [0.717, 1.165) is 19.3 Å². The van der Waals surface area contributed by atoms with Gasteiger partial charge in [0.1, 0.15) is 0 Å². The van der Waals surface area contributed by atoms with Crippen LogP contribution in [0.1, 0.15) is 59.7 Å². The zero-order valence-corrected chi connectivity index (χ0v) is 13.4. The van der Waals surface area contributed by atoms with Crippen LogP contribution in [0, 0.1) is 5.92 Å². The molecule has 0 aromatic heterocycles. The number of nitrogens with zero attached hydrogens (tertiary/aromatic N) is 1. The van der Waals surface area contributed by atoms with Gasteiger partial charge in [-0.15, -0.1) is 0 Å². The highest BCUT2D eigenvalue weighted by molar-refractivity contribution is 6.21. The number of amides is 3. The van der Waals surface area contributed by atoms with Gasteiger partial charge < -0.3 is 5.32 Å². The lowest BCUT2D eigenvalue weighted by Gasteiger charge is -2.29. The number of hydrogen-bond acceptors (Lipinski definition) is 3. The first kappa shape index (κ1) is 15.7. The van der Waals surface area contributed by atoms with Crippen LogP contribution in [-0.2, 0) is 4.79 Å². The zero-order valence-electron chi connectivity index (χ0n) is 13.4. The van der Waals surface area contributed by atoms with Crippen LogP contribution in [0.4, 0.5) is 0 Å². The molecule has 1 saturated carbocycles. The van der Waals surface area contributed by atoms with E-state index >= 15 is 0 Å². The van der Waals surface area contributed by atoms with Crippen molar-refractivity contribution in [2.75, 3.05) is 6.54 Å². The van der Waals surface area contributed by atoms with Gasteiger partial charge in [0.2, 0.25) is 5.91 Å². The van der Waals surface area contributed by atoms with E-state index in [9.17, 15) is 14.4 Å². The van der Waals surface area contributed by atoms with Gasteiger partial charge in [-0.2, -0.15) is 0 Å². The predicted molar refractivity (Wildman–Crippen MR) is 86.0 cm³/mol. The van der Waals surface area contributed by atoms with E-state index in [4.69, 9.17) is 0 Å². The average Bonchev–Trinajstić information content (AvgIpc) is 2.80. The van der Waals surface area contributed by atoms with Crippen LogP contribution in [-0.4, -0.2) is 35.2 Å². The summed E-state index contributed by atoms with van der Waals surface area (Å²) in [5.41, 5.74) is 0.859. The molecule has 2 unspecified atom stereocenters. The molecular formula is C18H22N2O3. The minimum absolute atomic E-state index is 0.0830. The quantitative estimate of drug-likeness (QED) is 0.868. The molecule has 2 aliphatic rings. The van der Waals surface area contributed by atoms with E-state index in [-0.39, 0.29) is 36.7 Å². The number of benzene rings is 1. The summed E-state index contributed by atoms with van der Waals surface area (Å²) in [5.74, 6) is -0.193. The van der Waals surface area contributed by atoms with Crippen molar-refractivity contribution in [3.05, 3.63) is 35.4 Å². The number of nitrogens with one attached hydrogen (secondary N) is 1. The van der Waals surface area contributed by atoms with Crippen molar-refractivity contribution in [2.45, 2.75) is 45.1 Å². The fourth-order valence-corrected chi connectivity index (χ4v) is 3.47. The van der Waals surface area contributed by atoms with Gasteiger partial charge in [-0.25, -0.2) is 0 Å². The van der Waals surface area contributed by atoms with Gasteiger partial charge in [0.25, 0.3) is 11.8 Å². The van der Waals surface area contributed by atoms with Crippen LogP contribution in [0.5, 0.6) is 0 Å². The number of carbonyl (C=O) groups is 3. The van der Waals surface area contributed by atoms with Crippen molar-refractivity contribution in [2.24, 2.45) is 5.92 Å². The van der Waals surface area contributed by atoms with E-state index < -0.39 is 0 Å². The average molecular weight is 314 g/mol. The maximum atomic E-state index is 12.2. The van der Waals surface area contributed by atoms with Crippen molar-refractivity contribution >= 4 is 17.7 Å². The second kappa shape index (κ2) is 6.52. The zero-order chi connectivity index (χ0) is 16.4. The first-order chi connectivity index (χ1) is 11.1. The third-order valence-electron chi connectivity index (χ3n) is 4.90. The highest BCUT2D eigenvalue weighted by atomic mass is 16.2. The summed E-state index contributed by atoms with van der Waals surface area (Å²) in [6.45, 7) is 2.30. The SMILES string of the molecule is CC1CCCCC1NC(=O)CCN1C(=O)c2ccccc2C1=O. The Hall–Kier alpha value is -2.17. The summed E-state index contributed by atoms with van der Waals surface area (Å²) < 4.78 is 0. The molecule has 1 heterocycles. The van der Waals surface area contributed by atoms with Gasteiger partial charge in [-0.1, -0.05) is 31.9 Å². The molecule has 122 valence electrons. The number of fused-ring (bicyclic) bond motifs is 1. The van der Waals surface area contributed by atoms with Crippen LogP contribution in [0.25, 0.3) is 0 Å². The van der Waals surface area contributed by atoms with Gasteiger partial charge >= 0.3 is 0 Å². The lowest BCUT2D eigenvalue weighted by molar-refractivity contribution is -0.122. The molecule has 3 rings (SSSR count). The Kier molecular flexibility index (Phi) is 4.46. The molecule has 5 nitrogen and oxygen atoms in total. The van der Waals surface area contributed by atoms with Crippen molar-refractivity contribution in [3.63, 3.8) is 0 Å². The Morgan fingerprint density at radius 2 is 1.74 bits per heavy atom. The van der Waals surface area contributed by atoms with Crippen LogP contribution < -0.4 is 5.32 Å². The lowest BCUT2D eigenvalue weighted by atomic mass is 9.86. The Morgan fingerprint density at radius 1 is 1.13 bits per heavy atom. The van der Waals surface area contributed by atoms with E-state index in [1.54, 1.807) is 24.3 Å². The number of rotatable bonds is 4. The van der Waals surface area contributed by atoms with Crippen LogP contribution in [0.15, 0.2) is 24.3 Å². The molecule has 1 aromatic rings. The van der Waals surface area contributed by atoms with Gasteiger partial charge in [-0.3, -0.25) is 19.3 Å². The highest BCUT2D eigenvalue weighted by Crippen LogP contribution is 2.24. The molecule has 1 aromatic carbocycles. The van der Waals surface area contributed by atoms with Gasteiger partial charge in [0.15, 0.2) is 0 Å². The molecule has 1 N–H and O–H groups in total. The molecule has 0 bridgehead atoms. The van der Waals surface area contributed by atoms with Gasteiger partial charge in [-0.05, 0) is 30.9 Å². The van der Waals surface area contributed by atoms with Crippen LogP contribution in [0.3, 0.4) is 0 Å². The molecule has 2 atom stereocenters. The Balaban J connectivity index is 1.56. The molecular weight excluding hydrogens is 292 g/mol. The highest BCUT2D eigenvalue weighted by Gasteiger charge is 2.35.